The monoisotopic (exact) mass is 358 g/mol. The fourth-order valence-electron chi connectivity index (χ4n) is 2.13. The molecule has 0 saturated heterocycles. The van der Waals surface area contributed by atoms with E-state index in [0.717, 1.165) is 0 Å². The Kier molecular flexibility index (Phi) is 6.03. The van der Waals surface area contributed by atoms with E-state index in [9.17, 15) is 13.2 Å². The van der Waals surface area contributed by atoms with Gasteiger partial charge in [-0.15, -0.1) is 0 Å². The predicted molar refractivity (Wildman–Crippen MR) is 86.1 cm³/mol. The molecule has 9 heteroatoms. The summed E-state index contributed by atoms with van der Waals surface area (Å²) < 4.78 is 38.3. The second-order valence-electron chi connectivity index (χ2n) is 5.55. The van der Waals surface area contributed by atoms with Crippen LogP contribution in [0.5, 0.6) is 11.5 Å². The molecule has 1 aliphatic rings. The van der Waals surface area contributed by atoms with Crippen LogP contribution in [0.3, 0.4) is 0 Å². The van der Waals surface area contributed by atoms with Crippen molar-refractivity contribution in [3.05, 3.63) is 18.2 Å². The third kappa shape index (κ3) is 4.37. The van der Waals surface area contributed by atoms with Crippen LogP contribution in [0.15, 0.2) is 23.1 Å². The van der Waals surface area contributed by atoms with Crippen LogP contribution < -0.4 is 19.7 Å². The summed E-state index contributed by atoms with van der Waals surface area (Å²) in [5, 5.41) is 0. The first-order chi connectivity index (χ1) is 11.3. The highest BCUT2D eigenvalue weighted by Gasteiger charge is 2.29. The maximum Gasteiger partial charge on any atom is 0.261 e. The van der Waals surface area contributed by atoms with Crippen LogP contribution in [-0.2, 0) is 19.7 Å². The highest BCUT2D eigenvalue weighted by molar-refractivity contribution is 7.89. The average molecular weight is 358 g/mol. The Morgan fingerprint density at radius 3 is 2.54 bits per heavy atom. The Morgan fingerprint density at radius 2 is 1.92 bits per heavy atom. The zero-order valence-electron chi connectivity index (χ0n) is 13.9. The zero-order chi connectivity index (χ0) is 17.7. The van der Waals surface area contributed by atoms with E-state index in [1.807, 2.05) is 0 Å². The molecule has 1 heterocycles. The SMILES string of the molecule is CCONC(=O)C(NS(=O)(=O)c1ccc2c(c1)OCCO2)C(C)C. The topological polar surface area (TPSA) is 103 Å². The Hall–Kier alpha value is -1.84. The molecule has 0 spiro atoms. The Morgan fingerprint density at radius 1 is 1.25 bits per heavy atom. The van der Waals surface area contributed by atoms with Crippen molar-refractivity contribution in [2.45, 2.75) is 31.7 Å². The largest absolute Gasteiger partial charge is 0.486 e. The minimum absolute atomic E-state index is 0.00149. The second-order valence-corrected chi connectivity index (χ2v) is 7.26. The van der Waals surface area contributed by atoms with E-state index in [2.05, 4.69) is 10.2 Å². The Bertz CT molecular complexity index is 689. The van der Waals surface area contributed by atoms with E-state index in [4.69, 9.17) is 14.3 Å². The number of rotatable bonds is 7. The molecule has 1 amide bonds. The van der Waals surface area contributed by atoms with Gasteiger partial charge in [0.15, 0.2) is 11.5 Å². The summed E-state index contributed by atoms with van der Waals surface area (Å²) in [5.41, 5.74) is 2.23. The van der Waals surface area contributed by atoms with Gasteiger partial charge in [-0.25, -0.2) is 13.9 Å². The number of carbonyl (C=O) groups is 1. The van der Waals surface area contributed by atoms with Crippen molar-refractivity contribution in [1.29, 1.82) is 0 Å². The molecule has 0 saturated carbocycles. The highest BCUT2D eigenvalue weighted by atomic mass is 32.2. The number of ether oxygens (including phenoxy) is 2. The number of fused-ring (bicyclic) bond motifs is 1. The normalized spacial score (nSPS) is 15.2. The third-order valence-corrected chi connectivity index (χ3v) is 4.81. The van der Waals surface area contributed by atoms with Crippen molar-refractivity contribution in [1.82, 2.24) is 10.2 Å². The van der Waals surface area contributed by atoms with E-state index < -0.39 is 22.0 Å². The molecule has 2 N–H and O–H groups in total. The fourth-order valence-corrected chi connectivity index (χ4v) is 3.48. The van der Waals surface area contributed by atoms with Crippen LogP contribution in [0.25, 0.3) is 0 Å². The fraction of sp³-hybridized carbons (Fsp3) is 0.533. The summed E-state index contributed by atoms with van der Waals surface area (Å²) >= 11 is 0. The molecule has 8 nitrogen and oxygen atoms in total. The number of hydrogen-bond donors (Lipinski definition) is 2. The Balaban J connectivity index is 2.20. The van der Waals surface area contributed by atoms with Gasteiger partial charge in [0.25, 0.3) is 5.91 Å². The molecule has 24 heavy (non-hydrogen) atoms. The van der Waals surface area contributed by atoms with Crippen molar-refractivity contribution >= 4 is 15.9 Å². The van der Waals surface area contributed by atoms with E-state index in [-0.39, 0.29) is 17.4 Å². The number of nitrogens with one attached hydrogen (secondary N) is 2. The summed E-state index contributed by atoms with van der Waals surface area (Å²) in [5.74, 6) is 0.0455. The molecule has 2 rings (SSSR count). The van der Waals surface area contributed by atoms with Crippen LogP contribution in [0.2, 0.25) is 0 Å². The van der Waals surface area contributed by atoms with Crippen molar-refractivity contribution < 1.29 is 27.5 Å². The van der Waals surface area contributed by atoms with Crippen LogP contribution in [-0.4, -0.2) is 40.2 Å². The molecule has 1 aromatic rings. The number of hydroxylamine groups is 1. The van der Waals surface area contributed by atoms with Gasteiger partial charge >= 0.3 is 0 Å². The standard InChI is InChI=1S/C15H22N2O6S/c1-4-23-16-15(18)14(10(2)3)17-24(19,20)11-5-6-12-13(9-11)22-8-7-21-12/h5-6,9-10,14,17H,4,7-8H2,1-3H3,(H,16,18). The van der Waals surface area contributed by atoms with Gasteiger partial charge in [0.1, 0.15) is 19.3 Å². The molecule has 1 atom stereocenters. The maximum absolute atomic E-state index is 12.6. The maximum atomic E-state index is 12.6. The highest BCUT2D eigenvalue weighted by Crippen LogP contribution is 2.32. The van der Waals surface area contributed by atoms with Gasteiger partial charge in [0.2, 0.25) is 10.0 Å². The number of carbonyl (C=O) groups excluding carboxylic acids is 1. The van der Waals surface area contributed by atoms with Crippen LogP contribution >= 0.6 is 0 Å². The molecule has 0 aromatic heterocycles. The third-order valence-electron chi connectivity index (χ3n) is 3.37. The summed E-state index contributed by atoms with van der Waals surface area (Å²) in [7, 11) is -3.91. The molecule has 0 bridgehead atoms. The van der Waals surface area contributed by atoms with Crippen molar-refractivity contribution in [3.8, 4) is 11.5 Å². The van der Waals surface area contributed by atoms with Crippen LogP contribution in [0, 0.1) is 5.92 Å². The summed E-state index contributed by atoms with van der Waals surface area (Å²) in [6.45, 7) is 6.25. The van der Waals surface area contributed by atoms with Crippen LogP contribution in [0.4, 0.5) is 0 Å². The predicted octanol–water partition coefficient (Wildman–Crippen LogP) is 0.828. The molecule has 134 valence electrons. The zero-order valence-corrected chi connectivity index (χ0v) is 14.7. The second kappa shape index (κ2) is 7.82. The van der Waals surface area contributed by atoms with Gasteiger partial charge in [0.05, 0.1) is 11.5 Å². The minimum Gasteiger partial charge on any atom is -0.486 e. The average Bonchev–Trinajstić information content (AvgIpc) is 2.56. The van der Waals surface area contributed by atoms with E-state index in [1.54, 1.807) is 20.8 Å². The molecule has 0 aliphatic carbocycles. The Labute approximate surface area is 141 Å². The van der Waals surface area contributed by atoms with Crippen molar-refractivity contribution in [2.75, 3.05) is 19.8 Å². The van der Waals surface area contributed by atoms with Gasteiger partial charge in [0, 0.05) is 6.07 Å². The van der Waals surface area contributed by atoms with Crippen molar-refractivity contribution in [3.63, 3.8) is 0 Å². The first-order valence-corrected chi connectivity index (χ1v) is 9.17. The first kappa shape index (κ1) is 18.5. The molecule has 1 aliphatic heterocycles. The first-order valence-electron chi connectivity index (χ1n) is 7.68. The molecular formula is C15H22N2O6S. The number of sulfonamides is 1. The van der Waals surface area contributed by atoms with E-state index in [0.29, 0.717) is 24.7 Å². The van der Waals surface area contributed by atoms with Gasteiger partial charge < -0.3 is 9.47 Å². The molecule has 1 aromatic carbocycles. The van der Waals surface area contributed by atoms with Gasteiger partial charge in [-0.3, -0.25) is 9.63 Å². The van der Waals surface area contributed by atoms with Crippen molar-refractivity contribution in [2.24, 2.45) is 5.92 Å². The summed E-state index contributed by atoms with van der Waals surface area (Å²) in [6, 6.07) is 3.37. The molecule has 0 radical (unpaired) electrons. The van der Waals surface area contributed by atoms with Gasteiger partial charge in [-0.1, -0.05) is 13.8 Å². The smallest absolute Gasteiger partial charge is 0.261 e. The number of amides is 1. The van der Waals surface area contributed by atoms with Gasteiger partial charge in [-0.05, 0) is 25.0 Å². The van der Waals surface area contributed by atoms with Crippen LogP contribution in [0.1, 0.15) is 20.8 Å². The molecular weight excluding hydrogens is 336 g/mol. The lowest BCUT2D eigenvalue weighted by Gasteiger charge is -2.22. The quantitative estimate of drug-likeness (QED) is 0.700. The van der Waals surface area contributed by atoms with E-state index in [1.165, 1.54) is 18.2 Å². The molecule has 0 fully saturated rings. The minimum atomic E-state index is -3.91. The van der Waals surface area contributed by atoms with E-state index >= 15 is 0 Å². The number of benzene rings is 1. The van der Waals surface area contributed by atoms with Gasteiger partial charge in [-0.2, -0.15) is 4.72 Å². The summed E-state index contributed by atoms with van der Waals surface area (Å²) in [6.07, 6.45) is 0. The number of hydrogen-bond acceptors (Lipinski definition) is 6. The molecule has 1 unspecified atom stereocenters. The lowest BCUT2D eigenvalue weighted by molar-refractivity contribution is -0.135. The lowest BCUT2D eigenvalue weighted by atomic mass is 10.1. The lowest BCUT2D eigenvalue weighted by Crippen LogP contribution is -2.49. The summed E-state index contributed by atoms with van der Waals surface area (Å²) in [4.78, 5) is 16.9.